The fourth-order valence-electron chi connectivity index (χ4n) is 0.977. The number of aliphatic hydroxyl groups excluding tert-OH is 1. The highest BCUT2D eigenvalue weighted by atomic mass is 16.4. The average molecular weight is 189 g/mol. The summed E-state index contributed by atoms with van der Waals surface area (Å²) in [7, 11) is 0. The Morgan fingerprint density at radius 3 is 2.46 bits per heavy atom. The topological polar surface area (TPSA) is 89.8 Å². The van der Waals surface area contributed by atoms with Crippen LogP contribution in [0.2, 0.25) is 0 Å². The summed E-state index contributed by atoms with van der Waals surface area (Å²) in [6, 6.07) is 0. The molecular formula is C8H15NO4. The molecule has 0 amide bonds. The average Bonchev–Trinajstić information content (AvgIpc) is 2.81. The zero-order valence-corrected chi connectivity index (χ0v) is 7.58. The number of β-amino-alcohol motifs (C(OH)–C–C–N with tert-alkyl or cyclic N) is 1. The molecule has 0 aromatic heterocycles. The van der Waals surface area contributed by atoms with Crippen molar-refractivity contribution in [1.82, 2.24) is 5.32 Å². The van der Waals surface area contributed by atoms with Crippen LogP contribution in [0.1, 0.15) is 19.8 Å². The highest BCUT2D eigenvalue weighted by Gasteiger charge is 2.44. The first kappa shape index (κ1) is 10.4. The molecule has 0 aromatic carbocycles. The van der Waals surface area contributed by atoms with Gasteiger partial charge in [-0.3, -0.25) is 0 Å². The maximum absolute atomic E-state index is 10.5. The summed E-state index contributed by atoms with van der Waals surface area (Å²) in [6.07, 6.45) is 1.67. The van der Waals surface area contributed by atoms with Gasteiger partial charge in [0.2, 0.25) is 0 Å². The summed E-state index contributed by atoms with van der Waals surface area (Å²) in [5.74, 6) is -1.26. The van der Waals surface area contributed by atoms with Gasteiger partial charge in [-0.25, -0.2) is 4.79 Å². The molecule has 1 unspecified atom stereocenters. The normalized spacial score (nSPS) is 23.6. The van der Waals surface area contributed by atoms with Gasteiger partial charge in [0.15, 0.2) is 5.60 Å². The Labute approximate surface area is 76.4 Å². The van der Waals surface area contributed by atoms with Crippen LogP contribution in [0.3, 0.4) is 0 Å². The second kappa shape index (κ2) is 3.25. The second-order valence-corrected chi connectivity index (χ2v) is 3.87. The Hall–Kier alpha value is -0.650. The number of hydrogen-bond donors (Lipinski definition) is 4. The zero-order chi connectivity index (χ0) is 10.1. The lowest BCUT2D eigenvalue weighted by Crippen LogP contribution is -2.49. The minimum Gasteiger partial charge on any atom is -0.479 e. The van der Waals surface area contributed by atoms with Crippen molar-refractivity contribution in [3.05, 3.63) is 0 Å². The van der Waals surface area contributed by atoms with E-state index in [2.05, 4.69) is 5.32 Å². The maximum Gasteiger partial charge on any atom is 0.336 e. The molecule has 13 heavy (non-hydrogen) atoms. The number of carboxylic acids is 1. The van der Waals surface area contributed by atoms with Gasteiger partial charge in [0.05, 0.1) is 6.61 Å². The van der Waals surface area contributed by atoms with Crippen LogP contribution in [0.5, 0.6) is 0 Å². The van der Waals surface area contributed by atoms with Crippen LogP contribution in [-0.2, 0) is 4.79 Å². The number of carboxylic acid groups (broad SMARTS) is 1. The van der Waals surface area contributed by atoms with Gasteiger partial charge in [-0.2, -0.15) is 0 Å². The van der Waals surface area contributed by atoms with Crippen molar-refractivity contribution in [2.45, 2.75) is 30.9 Å². The molecule has 0 aromatic rings. The molecule has 5 nitrogen and oxygen atoms in total. The summed E-state index contributed by atoms with van der Waals surface area (Å²) < 4.78 is 0. The third-order valence-corrected chi connectivity index (χ3v) is 2.42. The molecule has 1 aliphatic rings. The predicted molar refractivity (Wildman–Crippen MR) is 45.3 cm³/mol. The Bertz CT molecular complexity index is 210. The summed E-state index contributed by atoms with van der Waals surface area (Å²) in [6.45, 7) is 1.18. The minimum atomic E-state index is -1.76. The molecule has 0 radical (unpaired) electrons. The summed E-state index contributed by atoms with van der Waals surface area (Å²) in [4.78, 5) is 10.5. The van der Waals surface area contributed by atoms with E-state index in [1.807, 2.05) is 0 Å². The Morgan fingerprint density at radius 1 is 1.62 bits per heavy atom. The molecule has 0 heterocycles. The van der Waals surface area contributed by atoms with Crippen molar-refractivity contribution >= 4 is 5.97 Å². The van der Waals surface area contributed by atoms with Crippen molar-refractivity contribution in [3.63, 3.8) is 0 Å². The molecule has 0 spiro atoms. The van der Waals surface area contributed by atoms with Crippen LogP contribution in [-0.4, -0.2) is 45.6 Å². The van der Waals surface area contributed by atoms with E-state index in [0.29, 0.717) is 0 Å². The molecule has 4 N–H and O–H groups in total. The van der Waals surface area contributed by atoms with Crippen molar-refractivity contribution < 1.29 is 20.1 Å². The quantitative estimate of drug-likeness (QED) is 0.442. The van der Waals surface area contributed by atoms with E-state index in [0.717, 1.165) is 12.8 Å². The molecule has 0 bridgehead atoms. The van der Waals surface area contributed by atoms with Crippen LogP contribution in [0.4, 0.5) is 0 Å². The largest absolute Gasteiger partial charge is 0.479 e. The van der Waals surface area contributed by atoms with Gasteiger partial charge < -0.3 is 20.6 Å². The zero-order valence-electron chi connectivity index (χ0n) is 7.58. The lowest BCUT2D eigenvalue weighted by molar-refractivity contribution is -0.156. The third-order valence-electron chi connectivity index (χ3n) is 2.42. The van der Waals surface area contributed by atoms with Gasteiger partial charge in [0.25, 0.3) is 0 Å². The van der Waals surface area contributed by atoms with Gasteiger partial charge in [-0.15, -0.1) is 0 Å². The first-order valence-corrected chi connectivity index (χ1v) is 4.24. The van der Waals surface area contributed by atoms with Crippen molar-refractivity contribution in [1.29, 1.82) is 0 Å². The molecule has 5 heteroatoms. The van der Waals surface area contributed by atoms with Gasteiger partial charge >= 0.3 is 5.97 Å². The van der Waals surface area contributed by atoms with Gasteiger partial charge in [0, 0.05) is 12.1 Å². The highest BCUT2D eigenvalue weighted by Crippen LogP contribution is 2.34. The van der Waals surface area contributed by atoms with Gasteiger partial charge in [-0.05, 0) is 19.8 Å². The van der Waals surface area contributed by atoms with Crippen molar-refractivity contribution in [3.8, 4) is 0 Å². The van der Waals surface area contributed by atoms with Crippen LogP contribution < -0.4 is 5.32 Å². The molecule has 1 rings (SSSR count). The SMILES string of the molecule is CC(O)(CNC1(CO)CC1)C(=O)O. The predicted octanol–water partition coefficient (Wildman–Crippen LogP) is -1.06. The lowest BCUT2D eigenvalue weighted by Gasteiger charge is -2.22. The van der Waals surface area contributed by atoms with E-state index in [4.69, 9.17) is 10.2 Å². The number of aliphatic hydroxyl groups is 2. The van der Waals surface area contributed by atoms with Crippen LogP contribution in [0.15, 0.2) is 0 Å². The molecule has 1 fully saturated rings. The van der Waals surface area contributed by atoms with E-state index >= 15 is 0 Å². The van der Waals surface area contributed by atoms with Gasteiger partial charge in [-0.1, -0.05) is 0 Å². The lowest BCUT2D eigenvalue weighted by atomic mass is 10.1. The van der Waals surface area contributed by atoms with Crippen LogP contribution in [0, 0.1) is 0 Å². The highest BCUT2D eigenvalue weighted by molar-refractivity contribution is 5.76. The van der Waals surface area contributed by atoms with Crippen LogP contribution in [0.25, 0.3) is 0 Å². The van der Waals surface area contributed by atoms with E-state index < -0.39 is 11.6 Å². The molecule has 1 aliphatic carbocycles. The van der Waals surface area contributed by atoms with E-state index in [1.54, 1.807) is 0 Å². The number of aliphatic carboxylic acids is 1. The number of rotatable bonds is 5. The van der Waals surface area contributed by atoms with E-state index in [9.17, 15) is 9.90 Å². The summed E-state index contributed by atoms with van der Waals surface area (Å²) in [5.41, 5.74) is -2.09. The number of carbonyl (C=O) groups is 1. The van der Waals surface area contributed by atoms with Crippen molar-refractivity contribution in [2.75, 3.05) is 13.2 Å². The standard InChI is InChI=1S/C8H15NO4/c1-7(13,6(11)12)4-9-8(5-10)2-3-8/h9-10,13H,2-5H2,1H3,(H,11,12). The number of hydrogen-bond acceptors (Lipinski definition) is 4. The van der Waals surface area contributed by atoms with E-state index in [1.165, 1.54) is 6.92 Å². The fourth-order valence-corrected chi connectivity index (χ4v) is 0.977. The van der Waals surface area contributed by atoms with Crippen LogP contribution >= 0.6 is 0 Å². The molecule has 76 valence electrons. The second-order valence-electron chi connectivity index (χ2n) is 3.87. The summed E-state index contributed by atoms with van der Waals surface area (Å²) >= 11 is 0. The fraction of sp³-hybridized carbons (Fsp3) is 0.875. The molecule has 1 saturated carbocycles. The molecule has 0 aliphatic heterocycles. The van der Waals surface area contributed by atoms with Crippen molar-refractivity contribution in [2.24, 2.45) is 0 Å². The van der Waals surface area contributed by atoms with E-state index in [-0.39, 0.29) is 18.7 Å². The Balaban J connectivity index is 2.37. The Kier molecular flexibility index (Phi) is 2.61. The summed E-state index contributed by atoms with van der Waals surface area (Å²) in [5, 5.41) is 29.7. The monoisotopic (exact) mass is 189 g/mol. The minimum absolute atomic E-state index is 0.0112. The first-order valence-electron chi connectivity index (χ1n) is 4.24. The number of nitrogens with one attached hydrogen (secondary N) is 1. The molecular weight excluding hydrogens is 174 g/mol. The first-order chi connectivity index (χ1) is 5.92. The molecule has 0 saturated heterocycles. The molecule has 1 atom stereocenters. The Morgan fingerprint density at radius 2 is 2.15 bits per heavy atom. The maximum atomic E-state index is 10.5. The van der Waals surface area contributed by atoms with Gasteiger partial charge in [0.1, 0.15) is 0 Å². The third kappa shape index (κ3) is 2.40. The smallest absolute Gasteiger partial charge is 0.336 e.